The van der Waals surface area contributed by atoms with Gasteiger partial charge in [-0.15, -0.1) is 0 Å². The number of fused-ring (bicyclic) bond motifs is 1. The van der Waals surface area contributed by atoms with E-state index in [4.69, 9.17) is 4.42 Å². The lowest BCUT2D eigenvalue weighted by atomic mass is 10.0. The highest BCUT2D eigenvalue weighted by molar-refractivity contribution is 6.01. The third kappa shape index (κ3) is 2.97. The highest BCUT2D eigenvalue weighted by Crippen LogP contribution is 2.19. The van der Waals surface area contributed by atoms with Gasteiger partial charge in [0.1, 0.15) is 5.76 Å². The second-order valence-electron chi connectivity index (χ2n) is 4.75. The lowest BCUT2D eigenvalue weighted by Crippen LogP contribution is -2.23. The van der Waals surface area contributed by atoms with E-state index in [-0.39, 0.29) is 5.91 Å². The molecule has 2 aromatic rings. The summed E-state index contributed by atoms with van der Waals surface area (Å²) in [4.78, 5) is 11.8. The van der Waals surface area contributed by atoms with Gasteiger partial charge in [-0.1, -0.05) is 6.07 Å². The average Bonchev–Trinajstić information content (AvgIpc) is 2.98. The lowest BCUT2D eigenvalue weighted by Gasteiger charge is -2.17. The first-order chi connectivity index (χ1) is 9.81. The van der Waals surface area contributed by atoms with Gasteiger partial charge < -0.3 is 15.1 Å². The van der Waals surface area contributed by atoms with Crippen LogP contribution in [0.15, 0.2) is 47.1 Å². The van der Waals surface area contributed by atoms with Crippen molar-refractivity contribution in [3.63, 3.8) is 0 Å². The molecule has 4 nitrogen and oxygen atoms in total. The Morgan fingerprint density at radius 3 is 3.10 bits per heavy atom. The van der Waals surface area contributed by atoms with Crippen molar-refractivity contribution in [1.82, 2.24) is 5.32 Å². The van der Waals surface area contributed by atoms with Crippen molar-refractivity contribution in [2.24, 2.45) is 0 Å². The van der Waals surface area contributed by atoms with Gasteiger partial charge in [-0.3, -0.25) is 4.79 Å². The molecule has 1 aliphatic heterocycles. The highest BCUT2D eigenvalue weighted by Gasteiger charge is 2.09. The van der Waals surface area contributed by atoms with E-state index in [0.29, 0.717) is 5.76 Å². The number of hydrogen-bond donors (Lipinski definition) is 2. The van der Waals surface area contributed by atoms with Crippen LogP contribution < -0.4 is 10.6 Å². The van der Waals surface area contributed by atoms with Crippen LogP contribution in [0.1, 0.15) is 16.9 Å². The lowest BCUT2D eigenvalue weighted by molar-refractivity contribution is -0.111. The maximum Gasteiger partial charge on any atom is 0.248 e. The normalized spacial score (nSPS) is 14.2. The highest BCUT2D eigenvalue weighted by atomic mass is 16.3. The molecule has 2 N–H and O–H groups in total. The molecule has 0 radical (unpaired) electrons. The van der Waals surface area contributed by atoms with Crippen molar-refractivity contribution in [3.05, 3.63) is 59.6 Å². The van der Waals surface area contributed by atoms with Crippen LogP contribution in [0.25, 0.3) is 6.08 Å². The summed E-state index contributed by atoms with van der Waals surface area (Å²) < 4.78 is 5.13. The van der Waals surface area contributed by atoms with Gasteiger partial charge in [0.2, 0.25) is 5.91 Å². The third-order valence-corrected chi connectivity index (χ3v) is 3.30. The number of hydrogen-bond acceptors (Lipinski definition) is 3. The van der Waals surface area contributed by atoms with E-state index in [1.165, 1.54) is 17.2 Å². The number of nitrogens with one attached hydrogen (secondary N) is 2. The predicted octanol–water partition coefficient (Wildman–Crippen LogP) is 2.58. The fourth-order valence-electron chi connectivity index (χ4n) is 2.29. The van der Waals surface area contributed by atoms with Crippen molar-refractivity contribution >= 4 is 17.7 Å². The summed E-state index contributed by atoms with van der Waals surface area (Å²) in [6.45, 7) is 1.88. The zero-order valence-electron chi connectivity index (χ0n) is 11.1. The average molecular weight is 268 g/mol. The van der Waals surface area contributed by atoms with Gasteiger partial charge in [0, 0.05) is 18.3 Å². The van der Waals surface area contributed by atoms with Crippen molar-refractivity contribution in [2.45, 2.75) is 13.0 Å². The molecule has 0 aliphatic carbocycles. The van der Waals surface area contributed by atoms with Crippen molar-refractivity contribution in [3.8, 4) is 0 Å². The topological polar surface area (TPSA) is 54.3 Å². The fraction of sp³-hybridized carbons (Fsp3) is 0.188. The van der Waals surface area contributed by atoms with Crippen LogP contribution in [-0.4, -0.2) is 12.5 Å². The van der Waals surface area contributed by atoms with Crippen LogP contribution in [0.5, 0.6) is 0 Å². The number of carbonyl (C=O) groups is 1. The first-order valence-corrected chi connectivity index (χ1v) is 6.66. The zero-order valence-corrected chi connectivity index (χ0v) is 11.1. The smallest absolute Gasteiger partial charge is 0.248 e. The van der Waals surface area contributed by atoms with Gasteiger partial charge in [0.25, 0.3) is 0 Å². The molecule has 1 amide bonds. The quantitative estimate of drug-likeness (QED) is 0.841. The largest absolute Gasteiger partial charge is 0.465 e. The first-order valence-electron chi connectivity index (χ1n) is 6.66. The summed E-state index contributed by atoms with van der Waals surface area (Å²) >= 11 is 0. The molecule has 0 fully saturated rings. The molecule has 0 spiro atoms. The summed E-state index contributed by atoms with van der Waals surface area (Å²) in [5.74, 6) is 0.500. The Balaban J connectivity index is 1.67. The number of anilines is 1. The zero-order chi connectivity index (χ0) is 13.8. The van der Waals surface area contributed by atoms with Crippen LogP contribution in [0.4, 0.5) is 5.69 Å². The third-order valence-electron chi connectivity index (χ3n) is 3.30. The number of furan rings is 1. The van der Waals surface area contributed by atoms with Crippen LogP contribution in [-0.2, 0) is 17.8 Å². The SMILES string of the molecule is O=C(C=Cc1ccco1)Nc1ccc2c(c1)CNCC2. The summed E-state index contributed by atoms with van der Waals surface area (Å²) in [6, 6.07) is 9.65. The van der Waals surface area contributed by atoms with E-state index in [9.17, 15) is 4.79 Å². The minimum Gasteiger partial charge on any atom is -0.465 e. The minimum atomic E-state index is -0.162. The molecule has 0 bridgehead atoms. The van der Waals surface area contributed by atoms with Crippen molar-refractivity contribution < 1.29 is 9.21 Å². The Hall–Kier alpha value is -2.33. The van der Waals surface area contributed by atoms with Gasteiger partial charge >= 0.3 is 0 Å². The molecule has 4 heteroatoms. The molecular formula is C16H16N2O2. The second kappa shape index (κ2) is 5.75. The fourth-order valence-corrected chi connectivity index (χ4v) is 2.29. The molecule has 0 unspecified atom stereocenters. The Labute approximate surface area is 117 Å². The summed E-state index contributed by atoms with van der Waals surface area (Å²) in [6.07, 6.45) is 5.74. The maximum absolute atomic E-state index is 11.8. The molecule has 20 heavy (non-hydrogen) atoms. The van der Waals surface area contributed by atoms with Crippen LogP contribution >= 0.6 is 0 Å². The van der Waals surface area contributed by atoms with Gasteiger partial charge in [-0.25, -0.2) is 0 Å². The second-order valence-corrected chi connectivity index (χ2v) is 4.75. The molecule has 0 saturated carbocycles. The summed E-state index contributed by atoms with van der Waals surface area (Å²) in [5, 5.41) is 6.19. The molecule has 1 aromatic carbocycles. The van der Waals surface area contributed by atoms with E-state index in [1.54, 1.807) is 24.5 Å². The monoisotopic (exact) mass is 268 g/mol. The molecule has 0 atom stereocenters. The predicted molar refractivity (Wildman–Crippen MR) is 78.2 cm³/mol. The Kier molecular flexibility index (Phi) is 3.65. The van der Waals surface area contributed by atoms with E-state index in [1.807, 2.05) is 12.1 Å². The molecule has 102 valence electrons. The van der Waals surface area contributed by atoms with Gasteiger partial charge in [-0.05, 0) is 54.4 Å². The molecule has 1 aromatic heterocycles. The Bertz CT molecular complexity index is 630. The number of rotatable bonds is 3. The molecule has 3 rings (SSSR count). The van der Waals surface area contributed by atoms with Gasteiger partial charge in [0.05, 0.1) is 6.26 Å². The van der Waals surface area contributed by atoms with Gasteiger partial charge in [0.15, 0.2) is 0 Å². The minimum absolute atomic E-state index is 0.162. The van der Waals surface area contributed by atoms with Crippen LogP contribution in [0, 0.1) is 0 Å². The Morgan fingerprint density at radius 1 is 1.30 bits per heavy atom. The van der Waals surface area contributed by atoms with E-state index < -0.39 is 0 Å². The van der Waals surface area contributed by atoms with Crippen molar-refractivity contribution in [1.29, 1.82) is 0 Å². The van der Waals surface area contributed by atoms with E-state index in [2.05, 4.69) is 16.7 Å². The van der Waals surface area contributed by atoms with Crippen LogP contribution in [0.2, 0.25) is 0 Å². The first kappa shape index (κ1) is 12.7. The van der Waals surface area contributed by atoms with E-state index in [0.717, 1.165) is 25.2 Å². The summed E-state index contributed by atoms with van der Waals surface area (Å²) in [5.41, 5.74) is 3.43. The van der Waals surface area contributed by atoms with Gasteiger partial charge in [-0.2, -0.15) is 0 Å². The van der Waals surface area contributed by atoms with E-state index >= 15 is 0 Å². The molecule has 2 heterocycles. The molecular weight excluding hydrogens is 252 g/mol. The number of carbonyl (C=O) groups excluding carboxylic acids is 1. The molecule has 1 aliphatic rings. The number of benzene rings is 1. The number of amides is 1. The molecule has 0 saturated heterocycles. The maximum atomic E-state index is 11.8. The van der Waals surface area contributed by atoms with Crippen LogP contribution in [0.3, 0.4) is 0 Å². The van der Waals surface area contributed by atoms with Crippen molar-refractivity contribution in [2.75, 3.05) is 11.9 Å². The Morgan fingerprint density at radius 2 is 2.25 bits per heavy atom. The standard InChI is InChI=1S/C16H16N2O2/c19-16(6-5-15-2-1-9-20-15)18-14-4-3-12-7-8-17-11-13(12)10-14/h1-6,9-10,17H,7-8,11H2,(H,18,19). The summed E-state index contributed by atoms with van der Waals surface area (Å²) in [7, 11) is 0.